The first-order valence-electron chi connectivity index (χ1n) is 43.0. The van der Waals surface area contributed by atoms with Crippen molar-refractivity contribution in [2.75, 3.05) is 327 Å². The van der Waals surface area contributed by atoms with Gasteiger partial charge in [0.15, 0.2) is 0 Å². The van der Waals surface area contributed by atoms with Crippen LogP contribution in [0.2, 0.25) is 0 Å². The highest BCUT2D eigenvalue weighted by Crippen LogP contribution is 2.43. The summed E-state index contributed by atoms with van der Waals surface area (Å²) in [5, 5.41) is 35.4. The Kier molecular flexibility index (Phi) is 28.2. The lowest BCUT2D eigenvalue weighted by atomic mass is 9.89. The topological polar surface area (TPSA) is 287 Å². The summed E-state index contributed by atoms with van der Waals surface area (Å²) in [4.78, 5) is 126. The van der Waals surface area contributed by atoms with E-state index in [2.05, 4.69) is 97.6 Å². The zero-order valence-corrected chi connectivity index (χ0v) is 69.1. The molecule has 632 valence electrons. The summed E-state index contributed by atoms with van der Waals surface area (Å²) >= 11 is 0. The molecule has 10 aliphatic heterocycles. The van der Waals surface area contributed by atoms with Crippen LogP contribution in [0.1, 0.15) is 25.7 Å². The molecule has 12 aliphatic rings. The fraction of sp³-hybridized carbons (Fsp3) is 0.667. The van der Waals surface area contributed by atoms with E-state index in [-0.39, 0.29) is 59.2 Å². The largest absolute Gasteiger partial charge is 0.494 e. The maximum Gasteiger partial charge on any atom is 0.263 e. The predicted molar refractivity (Wildman–Crippen MR) is 455 cm³/mol. The first kappa shape index (κ1) is 83.6. The van der Waals surface area contributed by atoms with E-state index in [0.717, 1.165) is 209 Å². The number of piperazine rings is 4. The zero-order valence-electron chi connectivity index (χ0n) is 69.1. The average Bonchev–Trinajstić information content (AvgIpc) is 0.704. The van der Waals surface area contributed by atoms with Gasteiger partial charge in [0, 0.05) is 286 Å². The second-order valence-corrected chi connectivity index (χ2v) is 33.3. The van der Waals surface area contributed by atoms with Crippen molar-refractivity contribution in [2.45, 2.75) is 51.9 Å². The number of likely N-dealkylation sites (N-methyl/N-ethyl adjacent to an activating group) is 4. The number of anilines is 2. The summed E-state index contributed by atoms with van der Waals surface area (Å²) in [6, 6.07) is 7.16. The minimum Gasteiger partial charge on any atom is -0.494 e. The lowest BCUT2D eigenvalue weighted by Gasteiger charge is -2.32. The summed E-state index contributed by atoms with van der Waals surface area (Å²) in [5.74, 6) is -0.313. The van der Waals surface area contributed by atoms with Gasteiger partial charge >= 0.3 is 0 Å². The molecule has 0 amide bonds. The van der Waals surface area contributed by atoms with Gasteiger partial charge in [-0.3, -0.25) is 86.4 Å². The molecule has 0 saturated carbocycles. The van der Waals surface area contributed by atoms with Crippen LogP contribution in [0.25, 0.3) is 65.3 Å². The monoisotopic (exact) mass is 1600 g/mol. The fourth-order valence-corrected chi connectivity index (χ4v) is 18.3. The van der Waals surface area contributed by atoms with Gasteiger partial charge in [-0.2, -0.15) is 0 Å². The molecule has 0 spiro atoms. The number of ether oxygens (including phenoxy) is 4. The minimum atomic E-state index is -0.397. The van der Waals surface area contributed by atoms with E-state index in [0.29, 0.717) is 199 Å². The number of nitrogens with one attached hydrogen (secondary N) is 2. The number of pyridine rings is 4. The van der Waals surface area contributed by atoms with Gasteiger partial charge in [-0.25, -0.2) is 0 Å². The highest BCUT2D eigenvalue weighted by molar-refractivity contribution is 6.20. The Morgan fingerprint density at radius 1 is 0.302 bits per heavy atom. The van der Waals surface area contributed by atoms with E-state index in [1.54, 1.807) is 12.1 Å². The maximum absolute atomic E-state index is 14.7. The average molecular weight is 1610 g/mol. The standard InChI is InChI=1S/2C42H62N10O6/c1-45-13-17-49(18-14-45)11-5-43-33-29-31-36-35-32(40(54)51(41(55)37(33)35)9-3-7-47-21-25-57-26-22-47)30-34(44-6-12-50-19-15-46(2)16-20-50)38(36)42(56)52(39(31)53)10-4-8-48-23-27-58-28-24-48;1-45-9-13-47(14-10-45)7-3-5-43-33-29-31-36-35-32(40(54)51(41(55)37(33)35)19-17-49-21-25-57-26-22-49)30-34(44-6-4-8-48-15-11-46(2)12-16-48)38(36)42(56)52(39(31)53)20-18-50-23-27-58-28-24-50/h2*29-30,43,53H,3-28H2,1-2H3. The number of aromatic hydroxyl groups is 2. The maximum atomic E-state index is 14.7. The summed E-state index contributed by atoms with van der Waals surface area (Å²) < 4.78 is 27.8. The molecule has 16 rings (SSSR count). The molecule has 32 nitrogen and oxygen atoms in total. The summed E-state index contributed by atoms with van der Waals surface area (Å²) in [6.07, 6.45) is 2.95. The van der Waals surface area contributed by atoms with E-state index in [1.165, 1.54) is 18.3 Å². The third kappa shape index (κ3) is 19.2. The number of rotatable bonds is 30. The fourth-order valence-electron chi connectivity index (χ4n) is 18.3. The van der Waals surface area contributed by atoms with Crippen molar-refractivity contribution in [1.29, 1.82) is 0 Å². The first-order valence-corrected chi connectivity index (χ1v) is 43.0. The number of aromatic nitrogens is 4. The van der Waals surface area contributed by atoms with Crippen LogP contribution in [-0.4, -0.2) is 404 Å². The van der Waals surface area contributed by atoms with Crippen molar-refractivity contribution in [3.05, 3.63) is 97.1 Å². The molecule has 4 N–H and O–H groups in total. The molecule has 2 aromatic heterocycles. The van der Waals surface area contributed by atoms with E-state index in [4.69, 9.17) is 28.9 Å². The number of morpholine rings is 4. The lowest BCUT2D eigenvalue weighted by molar-refractivity contribution is 0.0360. The van der Waals surface area contributed by atoms with Crippen molar-refractivity contribution in [3.63, 3.8) is 0 Å². The number of nitrogens with zero attached hydrogens (tertiary/aromatic N) is 18. The molecule has 8 saturated heterocycles. The van der Waals surface area contributed by atoms with Crippen LogP contribution in [0.5, 0.6) is 11.8 Å². The van der Waals surface area contributed by atoms with Gasteiger partial charge in [-0.05, 0) is 91.2 Å². The molecule has 0 unspecified atom stereocenters. The van der Waals surface area contributed by atoms with Gasteiger partial charge in [-0.15, -0.1) is 0 Å². The Balaban J connectivity index is 0.000000182. The van der Waals surface area contributed by atoms with E-state index in [1.807, 2.05) is 12.1 Å². The normalized spacial score (nSPS) is 20.7. The molecular weight excluding hydrogens is 1480 g/mol. The van der Waals surface area contributed by atoms with Crippen LogP contribution in [0, 0.1) is 0 Å². The molecule has 2 aromatic carbocycles. The smallest absolute Gasteiger partial charge is 0.263 e. The van der Waals surface area contributed by atoms with E-state index in [9.17, 15) is 39.0 Å². The molecule has 0 bridgehead atoms. The molecule has 116 heavy (non-hydrogen) atoms. The molecule has 12 heterocycles. The molecule has 0 atom stereocenters. The lowest BCUT2D eigenvalue weighted by Crippen LogP contribution is -2.45. The Labute approximate surface area is 677 Å². The van der Waals surface area contributed by atoms with Gasteiger partial charge < -0.3 is 69.2 Å². The molecular formula is C84H124N20O12. The zero-order chi connectivity index (χ0) is 80.3. The van der Waals surface area contributed by atoms with Crippen molar-refractivity contribution >= 4 is 54.5 Å². The van der Waals surface area contributed by atoms with Gasteiger partial charge in [0.2, 0.25) is 11.8 Å². The number of hydrogen-bond donors (Lipinski definition) is 4. The van der Waals surface area contributed by atoms with E-state index >= 15 is 0 Å². The van der Waals surface area contributed by atoms with Gasteiger partial charge in [0.05, 0.1) is 103 Å². The highest BCUT2D eigenvalue weighted by Gasteiger charge is 2.33. The molecule has 2 aliphatic carbocycles. The number of benzene rings is 4. The number of hydrogen-bond acceptors (Lipinski definition) is 28. The molecule has 0 radical (unpaired) electrons. The summed E-state index contributed by atoms with van der Waals surface area (Å²) in [7, 11) is 8.57. The molecule has 4 aromatic rings. The first-order chi connectivity index (χ1) is 56.5. The van der Waals surface area contributed by atoms with Crippen LogP contribution in [0.15, 0.2) is 63.0 Å². The van der Waals surface area contributed by atoms with Crippen molar-refractivity contribution in [1.82, 2.24) is 77.1 Å². The Morgan fingerprint density at radius 3 is 1.05 bits per heavy atom. The predicted octanol–water partition coefficient (Wildman–Crippen LogP) is -0.771. The molecule has 32 heteroatoms. The summed E-state index contributed by atoms with van der Waals surface area (Å²) in [5.41, 5.74) is 0.413. The highest BCUT2D eigenvalue weighted by atomic mass is 16.5. The van der Waals surface area contributed by atoms with Gasteiger partial charge in [0.25, 0.3) is 33.4 Å². The SMILES string of the molecule is CN1CCN(CCCN=c2cc3c(=O)n(CCN4CCOCC4)c(=O)c4c(NCCCN5CCN(C)CC5)cc5c(O)n(CCN6CCOCC6)c(=O)c2c5c4-3)CC1.CN1CCN(CCN=c2cc3c(=O)n(CCCN4CCOCC4)c(=O)c4c(NCCN5CCN(C)CC5)cc5c(O)n(CCCN6CCOCC6)c(=O)c2c5c4-3)CC1. The van der Waals surface area contributed by atoms with Crippen LogP contribution >= 0.6 is 0 Å². The van der Waals surface area contributed by atoms with Crippen molar-refractivity contribution in [2.24, 2.45) is 9.98 Å². The minimum absolute atomic E-state index is 0.151. The third-order valence-electron chi connectivity index (χ3n) is 25.7. The van der Waals surface area contributed by atoms with Crippen LogP contribution < -0.4 is 54.7 Å². The second kappa shape index (κ2) is 39.2. The Bertz CT molecular complexity index is 5030. The van der Waals surface area contributed by atoms with Gasteiger partial charge in [-0.1, -0.05) is 0 Å². The van der Waals surface area contributed by atoms with Crippen molar-refractivity contribution < 1.29 is 29.2 Å². The Morgan fingerprint density at radius 2 is 0.621 bits per heavy atom. The summed E-state index contributed by atoms with van der Waals surface area (Å²) in [6.45, 7) is 36.7. The van der Waals surface area contributed by atoms with Crippen LogP contribution in [0.4, 0.5) is 11.4 Å². The van der Waals surface area contributed by atoms with Gasteiger partial charge in [0.1, 0.15) is 0 Å². The quantitative estimate of drug-likeness (QED) is 0.0318. The van der Waals surface area contributed by atoms with Crippen LogP contribution in [-0.2, 0) is 45.1 Å². The second-order valence-electron chi connectivity index (χ2n) is 33.3. The van der Waals surface area contributed by atoms with Crippen molar-refractivity contribution in [3.8, 4) is 34.0 Å². The Hall–Kier alpha value is -7.48. The van der Waals surface area contributed by atoms with E-state index < -0.39 is 5.56 Å². The van der Waals surface area contributed by atoms with Crippen LogP contribution in [0.3, 0.4) is 0 Å². The third-order valence-corrected chi connectivity index (χ3v) is 25.7. The molecule has 8 fully saturated rings.